The van der Waals surface area contributed by atoms with Crippen LogP contribution >= 0.6 is 0 Å². The lowest BCUT2D eigenvalue weighted by molar-refractivity contribution is 0.201. The highest BCUT2D eigenvalue weighted by Gasteiger charge is 2.15. The number of hydrogen-bond donors (Lipinski definition) is 1. The Balaban J connectivity index is 2.96. The Kier molecular flexibility index (Phi) is 4.35. The van der Waals surface area contributed by atoms with E-state index in [0.717, 1.165) is 29.7 Å². The minimum absolute atomic E-state index is 0.565. The SMILES string of the molecule is CCCCN(C(=O)O)c1ccc(C)cc1C. The average molecular weight is 221 g/mol. The second-order valence-corrected chi connectivity index (χ2v) is 4.08. The Hall–Kier alpha value is -1.51. The van der Waals surface area contributed by atoms with Gasteiger partial charge in [-0.1, -0.05) is 31.0 Å². The molecule has 0 heterocycles. The number of anilines is 1. The summed E-state index contributed by atoms with van der Waals surface area (Å²) in [6, 6.07) is 5.84. The van der Waals surface area contributed by atoms with Gasteiger partial charge in [0.1, 0.15) is 0 Å². The smallest absolute Gasteiger partial charge is 0.411 e. The number of benzene rings is 1. The first-order valence-electron chi connectivity index (χ1n) is 5.64. The van der Waals surface area contributed by atoms with Crippen LogP contribution < -0.4 is 4.90 Å². The summed E-state index contributed by atoms with van der Waals surface area (Å²) in [7, 11) is 0. The van der Waals surface area contributed by atoms with Gasteiger partial charge in [0, 0.05) is 12.2 Å². The van der Waals surface area contributed by atoms with Crippen molar-refractivity contribution < 1.29 is 9.90 Å². The summed E-state index contributed by atoms with van der Waals surface area (Å²) in [5.74, 6) is 0. The molecule has 0 fully saturated rings. The molecule has 3 heteroatoms. The van der Waals surface area contributed by atoms with E-state index in [4.69, 9.17) is 0 Å². The highest BCUT2D eigenvalue weighted by molar-refractivity contribution is 5.87. The molecule has 1 N–H and O–H groups in total. The Morgan fingerprint density at radius 2 is 2.06 bits per heavy atom. The van der Waals surface area contributed by atoms with Gasteiger partial charge in [-0.25, -0.2) is 4.79 Å². The van der Waals surface area contributed by atoms with E-state index in [9.17, 15) is 9.90 Å². The fourth-order valence-electron chi connectivity index (χ4n) is 1.74. The molecule has 1 aromatic rings. The maximum atomic E-state index is 11.2. The van der Waals surface area contributed by atoms with Crippen LogP contribution in [0.1, 0.15) is 30.9 Å². The molecule has 0 aliphatic carbocycles. The number of nitrogens with zero attached hydrogens (tertiary/aromatic N) is 1. The van der Waals surface area contributed by atoms with Gasteiger partial charge < -0.3 is 5.11 Å². The van der Waals surface area contributed by atoms with Crippen LogP contribution in [0.5, 0.6) is 0 Å². The van der Waals surface area contributed by atoms with Crippen molar-refractivity contribution in [2.24, 2.45) is 0 Å². The third kappa shape index (κ3) is 2.99. The van der Waals surface area contributed by atoms with Gasteiger partial charge in [-0.2, -0.15) is 0 Å². The summed E-state index contributed by atoms with van der Waals surface area (Å²) in [6.45, 7) is 6.58. The molecule has 1 rings (SSSR count). The molecule has 0 unspecified atom stereocenters. The van der Waals surface area contributed by atoms with Crippen LogP contribution in [0, 0.1) is 13.8 Å². The zero-order chi connectivity index (χ0) is 12.1. The summed E-state index contributed by atoms with van der Waals surface area (Å²) in [5, 5.41) is 9.17. The van der Waals surface area contributed by atoms with E-state index in [1.54, 1.807) is 0 Å². The molecule has 0 saturated carbocycles. The number of carboxylic acid groups (broad SMARTS) is 1. The summed E-state index contributed by atoms with van der Waals surface area (Å²) >= 11 is 0. The highest BCUT2D eigenvalue weighted by atomic mass is 16.4. The molecule has 0 aliphatic rings. The van der Waals surface area contributed by atoms with Crippen LogP contribution in [-0.2, 0) is 0 Å². The third-order valence-corrected chi connectivity index (χ3v) is 2.61. The Morgan fingerprint density at radius 1 is 1.38 bits per heavy atom. The van der Waals surface area contributed by atoms with Crippen LogP contribution in [0.3, 0.4) is 0 Å². The van der Waals surface area contributed by atoms with Crippen molar-refractivity contribution in [2.75, 3.05) is 11.4 Å². The van der Waals surface area contributed by atoms with Gasteiger partial charge in [0.15, 0.2) is 0 Å². The van der Waals surface area contributed by atoms with E-state index in [0.29, 0.717) is 6.54 Å². The van der Waals surface area contributed by atoms with Crippen molar-refractivity contribution in [2.45, 2.75) is 33.6 Å². The van der Waals surface area contributed by atoms with Gasteiger partial charge in [-0.3, -0.25) is 4.90 Å². The van der Waals surface area contributed by atoms with E-state index in [1.807, 2.05) is 32.0 Å². The third-order valence-electron chi connectivity index (χ3n) is 2.61. The lowest BCUT2D eigenvalue weighted by Crippen LogP contribution is -2.30. The van der Waals surface area contributed by atoms with Crippen molar-refractivity contribution in [3.05, 3.63) is 29.3 Å². The second-order valence-electron chi connectivity index (χ2n) is 4.08. The molecule has 0 atom stereocenters. The standard InChI is InChI=1S/C13H19NO2/c1-4-5-8-14(13(15)16)12-7-6-10(2)9-11(12)3/h6-7,9H,4-5,8H2,1-3H3,(H,15,16). The minimum atomic E-state index is -0.875. The molecule has 0 aliphatic heterocycles. The van der Waals surface area contributed by atoms with Crippen LogP contribution in [0.2, 0.25) is 0 Å². The molecule has 0 spiro atoms. The number of hydrogen-bond acceptors (Lipinski definition) is 1. The van der Waals surface area contributed by atoms with Gasteiger partial charge in [0.05, 0.1) is 0 Å². The number of carbonyl (C=O) groups is 1. The van der Waals surface area contributed by atoms with Crippen molar-refractivity contribution in [1.29, 1.82) is 0 Å². The van der Waals surface area contributed by atoms with Gasteiger partial charge in [0.25, 0.3) is 0 Å². The lowest BCUT2D eigenvalue weighted by atomic mass is 10.1. The fourth-order valence-corrected chi connectivity index (χ4v) is 1.74. The van der Waals surface area contributed by atoms with E-state index in [-0.39, 0.29) is 0 Å². The Labute approximate surface area is 96.7 Å². The van der Waals surface area contributed by atoms with Crippen LogP contribution in [0.25, 0.3) is 0 Å². The Morgan fingerprint density at radius 3 is 2.56 bits per heavy atom. The fraction of sp³-hybridized carbons (Fsp3) is 0.462. The van der Waals surface area contributed by atoms with E-state index in [2.05, 4.69) is 6.92 Å². The lowest BCUT2D eigenvalue weighted by Gasteiger charge is -2.21. The quantitative estimate of drug-likeness (QED) is 0.844. The maximum Gasteiger partial charge on any atom is 0.411 e. The topological polar surface area (TPSA) is 40.5 Å². The zero-order valence-corrected chi connectivity index (χ0v) is 10.2. The molecule has 1 amide bonds. The van der Waals surface area contributed by atoms with Gasteiger partial charge >= 0.3 is 6.09 Å². The normalized spacial score (nSPS) is 10.2. The molecule has 0 radical (unpaired) electrons. The molecular formula is C13H19NO2. The summed E-state index contributed by atoms with van der Waals surface area (Å²) in [5.41, 5.74) is 2.96. The van der Waals surface area contributed by atoms with Gasteiger partial charge in [-0.05, 0) is 31.9 Å². The Bertz CT molecular complexity index is 374. The van der Waals surface area contributed by atoms with Crippen molar-refractivity contribution in [3.8, 4) is 0 Å². The summed E-state index contributed by atoms with van der Waals surface area (Å²) < 4.78 is 0. The number of aryl methyl sites for hydroxylation is 2. The average Bonchev–Trinajstić information content (AvgIpc) is 2.20. The highest BCUT2D eigenvalue weighted by Crippen LogP contribution is 2.21. The summed E-state index contributed by atoms with van der Waals surface area (Å²) in [6.07, 6.45) is 1.01. The first-order chi connectivity index (χ1) is 7.56. The molecule has 1 aromatic carbocycles. The number of amides is 1. The minimum Gasteiger partial charge on any atom is -0.465 e. The summed E-state index contributed by atoms with van der Waals surface area (Å²) in [4.78, 5) is 12.6. The number of rotatable bonds is 4. The largest absolute Gasteiger partial charge is 0.465 e. The first kappa shape index (κ1) is 12.6. The van der Waals surface area contributed by atoms with E-state index >= 15 is 0 Å². The van der Waals surface area contributed by atoms with E-state index in [1.165, 1.54) is 4.90 Å². The first-order valence-corrected chi connectivity index (χ1v) is 5.64. The van der Waals surface area contributed by atoms with Gasteiger partial charge in [0.2, 0.25) is 0 Å². The van der Waals surface area contributed by atoms with Crippen molar-refractivity contribution in [3.63, 3.8) is 0 Å². The second kappa shape index (κ2) is 5.54. The molecule has 0 aromatic heterocycles. The molecular weight excluding hydrogens is 202 g/mol. The molecule has 88 valence electrons. The predicted molar refractivity (Wildman–Crippen MR) is 66.2 cm³/mol. The van der Waals surface area contributed by atoms with Crippen LogP contribution in [0.15, 0.2) is 18.2 Å². The van der Waals surface area contributed by atoms with Crippen LogP contribution in [0.4, 0.5) is 10.5 Å². The number of unbranched alkanes of at least 4 members (excludes halogenated alkanes) is 1. The van der Waals surface area contributed by atoms with Crippen LogP contribution in [-0.4, -0.2) is 17.7 Å². The molecule has 0 saturated heterocycles. The molecule has 16 heavy (non-hydrogen) atoms. The van der Waals surface area contributed by atoms with Crippen molar-refractivity contribution in [1.82, 2.24) is 0 Å². The van der Waals surface area contributed by atoms with Gasteiger partial charge in [-0.15, -0.1) is 0 Å². The van der Waals surface area contributed by atoms with Crippen molar-refractivity contribution >= 4 is 11.8 Å². The molecule has 0 bridgehead atoms. The van der Waals surface area contributed by atoms with E-state index < -0.39 is 6.09 Å². The monoisotopic (exact) mass is 221 g/mol. The zero-order valence-electron chi connectivity index (χ0n) is 10.2. The maximum absolute atomic E-state index is 11.2. The molecule has 3 nitrogen and oxygen atoms in total. The predicted octanol–water partition coefficient (Wildman–Crippen LogP) is 3.59.